The molecule has 0 N–H and O–H groups in total. The van der Waals surface area contributed by atoms with Crippen molar-refractivity contribution in [2.24, 2.45) is 0 Å². The molecular formula is C10H5Cl2N3O3. The van der Waals surface area contributed by atoms with Crippen LogP contribution in [0.5, 0.6) is 11.6 Å². The average Bonchev–Trinajstić information content (AvgIpc) is 2.34. The average molecular weight is 286 g/mol. The molecule has 0 radical (unpaired) electrons. The van der Waals surface area contributed by atoms with Gasteiger partial charge in [0.05, 0.1) is 4.92 Å². The van der Waals surface area contributed by atoms with Crippen LogP contribution in [0.15, 0.2) is 30.3 Å². The molecule has 0 aliphatic carbocycles. The first-order valence-corrected chi connectivity index (χ1v) is 5.43. The van der Waals surface area contributed by atoms with Crippen LogP contribution in [0.1, 0.15) is 0 Å². The van der Waals surface area contributed by atoms with Crippen molar-refractivity contribution >= 4 is 28.9 Å². The maximum absolute atomic E-state index is 10.8. The van der Waals surface area contributed by atoms with E-state index >= 15 is 0 Å². The number of aromatic nitrogens is 2. The molecule has 1 aromatic heterocycles. The van der Waals surface area contributed by atoms with Crippen LogP contribution in [0, 0.1) is 10.1 Å². The minimum Gasteiger partial charge on any atom is -0.430 e. The molecule has 0 bridgehead atoms. The van der Waals surface area contributed by atoms with Gasteiger partial charge >= 0.3 is 5.69 Å². The van der Waals surface area contributed by atoms with E-state index in [4.69, 9.17) is 27.9 Å². The number of nitro benzene ring substituents is 1. The van der Waals surface area contributed by atoms with Gasteiger partial charge in [0.1, 0.15) is 0 Å². The van der Waals surface area contributed by atoms with Gasteiger partial charge in [-0.1, -0.05) is 23.2 Å². The van der Waals surface area contributed by atoms with E-state index in [1.165, 1.54) is 30.3 Å². The number of rotatable bonds is 3. The SMILES string of the molecule is O=[N+]([O-])c1cc(Cl)ccc1Oc1ccc(Cl)nn1. The number of benzene rings is 1. The van der Waals surface area contributed by atoms with Crippen molar-refractivity contribution in [1.82, 2.24) is 10.2 Å². The molecule has 8 heteroatoms. The van der Waals surface area contributed by atoms with Crippen LogP contribution in [0.4, 0.5) is 5.69 Å². The van der Waals surface area contributed by atoms with E-state index in [0.29, 0.717) is 0 Å². The summed E-state index contributed by atoms with van der Waals surface area (Å²) < 4.78 is 5.25. The normalized spacial score (nSPS) is 10.1. The number of ether oxygens (including phenoxy) is 1. The van der Waals surface area contributed by atoms with Crippen LogP contribution in [0.3, 0.4) is 0 Å². The molecule has 18 heavy (non-hydrogen) atoms. The zero-order chi connectivity index (χ0) is 13.1. The van der Waals surface area contributed by atoms with Crippen molar-refractivity contribution < 1.29 is 9.66 Å². The van der Waals surface area contributed by atoms with Gasteiger partial charge in [0.25, 0.3) is 0 Å². The van der Waals surface area contributed by atoms with Crippen molar-refractivity contribution in [3.05, 3.63) is 50.6 Å². The summed E-state index contributed by atoms with van der Waals surface area (Å²) in [5, 5.41) is 18.5. The van der Waals surface area contributed by atoms with Gasteiger partial charge in [-0.25, -0.2) is 0 Å². The number of nitro groups is 1. The fourth-order valence-electron chi connectivity index (χ4n) is 1.19. The number of halogens is 2. The molecule has 2 rings (SSSR count). The lowest BCUT2D eigenvalue weighted by Gasteiger charge is -2.04. The molecular weight excluding hydrogens is 281 g/mol. The molecule has 1 aromatic carbocycles. The number of nitrogens with zero attached hydrogens (tertiary/aromatic N) is 3. The number of hydrogen-bond acceptors (Lipinski definition) is 5. The Morgan fingerprint density at radius 2 is 1.94 bits per heavy atom. The van der Waals surface area contributed by atoms with Gasteiger partial charge in [0, 0.05) is 17.2 Å². The topological polar surface area (TPSA) is 78.2 Å². The van der Waals surface area contributed by atoms with Gasteiger partial charge in [0.2, 0.25) is 11.6 Å². The summed E-state index contributed by atoms with van der Waals surface area (Å²) in [4.78, 5) is 10.2. The molecule has 92 valence electrons. The predicted molar refractivity (Wildman–Crippen MR) is 65.2 cm³/mol. The smallest absolute Gasteiger partial charge is 0.313 e. The van der Waals surface area contributed by atoms with E-state index in [1.807, 2.05) is 0 Å². The summed E-state index contributed by atoms with van der Waals surface area (Å²) in [6.45, 7) is 0. The maximum atomic E-state index is 10.8. The Morgan fingerprint density at radius 3 is 2.56 bits per heavy atom. The van der Waals surface area contributed by atoms with Crippen LogP contribution in [-0.2, 0) is 0 Å². The minimum absolute atomic E-state index is 0.0287. The molecule has 0 fully saturated rings. The van der Waals surface area contributed by atoms with Crippen LogP contribution < -0.4 is 4.74 Å². The third-order valence-corrected chi connectivity index (χ3v) is 2.38. The molecule has 0 aliphatic rings. The fraction of sp³-hybridized carbons (Fsp3) is 0. The molecule has 6 nitrogen and oxygen atoms in total. The van der Waals surface area contributed by atoms with Crippen molar-refractivity contribution in [3.8, 4) is 11.6 Å². The first-order valence-electron chi connectivity index (χ1n) is 4.67. The summed E-state index contributed by atoms with van der Waals surface area (Å²) in [6.07, 6.45) is 0. The highest BCUT2D eigenvalue weighted by Crippen LogP contribution is 2.32. The highest BCUT2D eigenvalue weighted by atomic mass is 35.5. The molecule has 0 aliphatic heterocycles. The van der Waals surface area contributed by atoms with Gasteiger partial charge in [0.15, 0.2) is 5.15 Å². The largest absolute Gasteiger partial charge is 0.430 e. The van der Waals surface area contributed by atoms with Crippen molar-refractivity contribution in [1.29, 1.82) is 0 Å². The van der Waals surface area contributed by atoms with Crippen molar-refractivity contribution in [3.63, 3.8) is 0 Å². The molecule has 0 saturated carbocycles. The highest BCUT2D eigenvalue weighted by molar-refractivity contribution is 6.30. The highest BCUT2D eigenvalue weighted by Gasteiger charge is 2.16. The standard InChI is InChI=1S/C10H5Cl2N3O3/c11-6-1-2-8(7(5-6)15(16)17)18-10-4-3-9(12)13-14-10/h1-5H. The third kappa shape index (κ3) is 2.85. The van der Waals surface area contributed by atoms with E-state index in [1.54, 1.807) is 0 Å². The predicted octanol–water partition coefficient (Wildman–Crippen LogP) is 3.48. The molecule has 0 unspecified atom stereocenters. The monoisotopic (exact) mass is 285 g/mol. The summed E-state index contributed by atoms with van der Waals surface area (Å²) in [6, 6.07) is 6.98. The lowest BCUT2D eigenvalue weighted by molar-refractivity contribution is -0.385. The van der Waals surface area contributed by atoms with Crippen LogP contribution in [-0.4, -0.2) is 15.1 Å². The Bertz CT molecular complexity index is 589. The second-order valence-corrected chi connectivity index (χ2v) is 3.99. The van der Waals surface area contributed by atoms with E-state index in [-0.39, 0.29) is 27.5 Å². The minimum atomic E-state index is -0.593. The van der Waals surface area contributed by atoms with Crippen molar-refractivity contribution in [2.75, 3.05) is 0 Å². The molecule has 0 amide bonds. The van der Waals surface area contributed by atoms with Crippen LogP contribution >= 0.6 is 23.2 Å². The Labute approximate surface area is 111 Å². The molecule has 0 spiro atoms. The van der Waals surface area contributed by atoms with E-state index < -0.39 is 4.92 Å². The second-order valence-electron chi connectivity index (χ2n) is 3.17. The molecule has 1 heterocycles. The number of hydrogen-bond donors (Lipinski definition) is 0. The first kappa shape index (κ1) is 12.5. The Kier molecular flexibility index (Phi) is 3.59. The zero-order valence-corrected chi connectivity index (χ0v) is 10.2. The molecule has 2 aromatic rings. The third-order valence-electron chi connectivity index (χ3n) is 1.94. The van der Waals surface area contributed by atoms with Crippen LogP contribution in [0.2, 0.25) is 10.2 Å². The van der Waals surface area contributed by atoms with Gasteiger partial charge in [-0.2, -0.15) is 0 Å². The van der Waals surface area contributed by atoms with Gasteiger partial charge < -0.3 is 4.74 Å². The van der Waals surface area contributed by atoms with Gasteiger partial charge in [-0.05, 0) is 18.2 Å². The zero-order valence-electron chi connectivity index (χ0n) is 8.71. The Morgan fingerprint density at radius 1 is 1.17 bits per heavy atom. The summed E-state index contributed by atoms with van der Waals surface area (Å²) in [7, 11) is 0. The van der Waals surface area contributed by atoms with Gasteiger partial charge in [-0.3, -0.25) is 10.1 Å². The molecule has 0 saturated heterocycles. The van der Waals surface area contributed by atoms with Gasteiger partial charge in [-0.15, -0.1) is 10.2 Å². The summed E-state index contributed by atoms with van der Waals surface area (Å²) in [5.41, 5.74) is -0.251. The quantitative estimate of drug-likeness (QED) is 0.637. The second kappa shape index (κ2) is 5.16. The van der Waals surface area contributed by atoms with Crippen LogP contribution in [0.25, 0.3) is 0 Å². The lowest BCUT2D eigenvalue weighted by Crippen LogP contribution is -1.95. The Hall–Kier alpha value is -1.92. The first-order chi connectivity index (χ1) is 8.56. The summed E-state index contributed by atoms with van der Waals surface area (Å²) >= 11 is 11.2. The Balaban J connectivity index is 2.34. The fourth-order valence-corrected chi connectivity index (χ4v) is 1.46. The molecule has 0 atom stereocenters. The lowest BCUT2D eigenvalue weighted by atomic mass is 10.3. The van der Waals surface area contributed by atoms with Crippen molar-refractivity contribution in [2.45, 2.75) is 0 Å². The van der Waals surface area contributed by atoms with E-state index in [2.05, 4.69) is 10.2 Å². The summed E-state index contributed by atoms with van der Waals surface area (Å²) in [5.74, 6) is 0.130. The maximum Gasteiger partial charge on any atom is 0.313 e. The van der Waals surface area contributed by atoms with E-state index in [0.717, 1.165) is 0 Å². The van der Waals surface area contributed by atoms with E-state index in [9.17, 15) is 10.1 Å².